The van der Waals surface area contributed by atoms with Crippen molar-refractivity contribution < 1.29 is 38.9 Å². The number of nitrogens with zero attached hydrogens (tertiary/aromatic N) is 6. The van der Waals surface area contributed by atoms with E-state index in [1.807, 2.05) is 82.6 Å². The van der Waals surface area contributed by atoms with Gasteiger partial charge in [0.05, 0.1) is 60.4 Å². The summed E-state index contributed by atoms with van der Waals surface area (Å²) in [6.07, 6.45) is 0.710. The van der Waals surface area contributed by atoms with Crippen molar-refractivity contribution >= 4 is 23.8 Å². The second-order valence-electron chi connectivity index (χ2n) is 15.8. The van der Waals surface area contributed by atoms with Gasteiger partial charge in [0.2, 0.25) is 5.91 Å². The SMILES string of the molecule is COc1ccc(-c2cc3nc(c2)-c2cccc(n2)CN(CC(=O)O)CCN(CCCNC(=O)C(N)CCC(=O)OC(C)(C)C)CCN(CC(=O)O)Cc2cccc-3n2)cc1. The Morgan fingerprint density at radius 3 is 1.78 bits per heavy atom. The van der Waals surface area contributed by atoms with Gasteiger partial charge >= 0.3 is 17.9 Å². The Hall–Kier alpha value is -5.81. The lowest BCUT2D eigenvalue weighted by Crippen LogP contribution is -2.44. The van der Waals surface area contributed by atoms with Gasteiger partial charge in [-0.25, -0.2) is 15.0 Å². The molecule has 320 valence electrons. The molecule has 1 aliphatic rings. The first kappa shape index (κ1) is 45.3. The van der Waals surface area contributed by atoms with Gasteiger partial charge in [0, 0.05) is 52.2 Å². The smallest absolute Gasteiger partial charge is 0.317 e. The maximum Gasteiger partial charge on any atom is 0.317 e. The number of pyridine rings is 3. The summed E-state index contributed by atoms with van der Waals surface area (Å²) in [5.74, 6) is -2.03. The van der Waals surface area contributed by atoms with Crippen LogP contribution in [0.2, 0.25) is 0 Å². The number of amides is 1. The third-order valence-electron chi connectivity index (χ3n) is 9.71. The number of rotatable bonds is 14. The minimum Gasteiger partial charge on any atom is -0.497 e. The predicted molar refractivity (Wildman–Crippen MR) is 226 cm³/mol. The van der Waals surface area contributed by atoms with Crippen molar-refractivity contribution in [1.82, 2.24) is 35.0 Å². The number of carbonyl (C=O) groups is 4. The number of hydrogen-bond acceptors (Lipinski definition) is 13. The van der Waals surface area contributed by atoms with E-state index in [0.29, 0.717) is 79.9 Å². The van der Waals surface area contributed by atoms with Crippen molar-refractivity contribution in [2.45, 2.75) is 64.8 Å². The number of aliphatic carboxylic acids is 2. The van der Waals surface area contributed by atoms with E-state index < -0.39 is 29.6 Å². The van der Waals surface area contributed by atoms with Crippen LogP contribution in [0.15, 0.2) is 72.8 Å². The monoisotopic (exact) mass is 824 g/mol. The van der Waals surface area contributed by atoms with E-state index in [0.717, 1.165) is 16.9 Å². The van der Waals surface area contributed by atoms with E-state index in [-0.39, 0.29) is 44.9 Å². The summed E-state index contributed by atoms with van der Waals surface area (Å²) in [7, 11) is 1.62. The summed E-state index contributed by atoms with van der Waals surface area (Å²) in [6.45, 7) is 7.88. The van der Waals surface area contributed by atoms with Crippen LogP contribution in [0, 0.1) is 0 Å². The lowest BCUT2D eigenvalue weighted by Gasteiger charge is -2.29. The van der Waals surface area contributed by atoms with Gasteiger partial charge in [0.15, 0.2) is 0 Å². The van der Waals surface area contributed by atoms with Crippen LogP contribution in [0.3, 0.4) is 0 Å². The fourth-order valence-corrected chi connectivity index (χ4v) is 6.78. The molecule has 1 amide bonds. The van der Waals surface area contributed by atoms with E-state index in [1.165, 1.54) is 0 Å². The van der Waals surface area contributed by atoms with Gasteiger partial charge in [0.25, 0.3) is 0 Å². The van der Waals surface area contributed by atoms with E-state index in [4.69, 9.17) is 30.2 Å². The van der Waals surface area contributed by atoms with Crippen LogP contribution in [-0.4, -0.2) is 135 Å². The maximum absolute atomic E-state index is 12.8. The van der Waals surface area contributed by atoms with Gasteiger partial charge in [-0.2, -0.15) is 0 Å². The molecule has 4 aromatic rings. The maximum atomic E-state index is 12.8. The summed E-state index contributed by atoms with van der Waals surface area (Å²) in [4.78, 5) is 69.7. The summed E-state index contributed by atoms with van der Waals surface area (Å²) in [5, 5.41) is 22.7. The zero-order valence-electron chi connectivity index (χ0n) is 34.8. The number of hydrogen-bond donors (Lipinski definition) is 4. The second-order valence-corrected chi connectivity index (χ2v) is 15.8. The van der Waals surface area contributed by atoms with Crippen LogP contribution in [0.25, 0.3) is 33.9 Å². The average molecular weight is 825 g/mol. The number of fused-ring (bicyclic) bond motifs is 8. The molecule has 6 bridgehead atoms. The Morgan fingerprint density at radius 2 is 1.28 bits per heavy atom. The summed E-state index contributed by atoms with van der Waals surface area (Å²) >= 11 is 0. The molecule has 4 heterocycles. The number of nitrogens with one attached hydrogen (secondary N) is 1. The molecule has 3 aromatic heterocycles. The topological polar surface area (TPSA) is 214 Å². The quantitative estimate of drug-likeness (QED) is 0.105. The number of carboxylic acid groups (broad SMARTS) is 2. The highest BCUT2D eigenvalue weighted by Gasteiger charge is 2.21. The first-order valence-corrected chi connectivity index (χ1v) is 20.1. The van der Waals surface area contributed by atoms with Crippen molar-refractivity contribution in [2.24, 2.45) is 5.73 Å². The fourth-order valence-electron chi connectivity index (χ4n) is 6.78. The Balaban J connectivity index is 1.39. The highest BCUT2D eigenvalue weighted by Crippen LogP contribution is 2.30. The third-order valence-corrected chi connectivity index (χ3v) is 9.71. The standard InChI is InChI=1S/C44H56N8O8/c1-44(2,3)60-42(57)17-16-35(45)43(58)46-18-7-19-50-20-22-51(28-40(53)54)26-32-8-5-10-36(47-32)38-24-31(30-12-14-34(59-4)15-13-30)25-39(49-38)37-11-6-9-33(48-37)27-52(23-21-50)29-41(55)56/h5-6,8-15,24-25,35H,7,16-23,26-29,45H2,1-4H3,(H,46,58)(H,53,54)(H,55,56). The Bertz CT molecular complexity index is 2000. The minimum atomic E-state index is -0.981. The molecular formula is C44H56N8O8. The van der Waals surface area contributed by atoms with Gasteiger partial charge < -0.3 is 35.6 Å². The summed E-state index contributed by atoms with van der Waals surface area (Å²) in [5.41, 5.74) is 11.0. The summed E-state index contributed by atoms with van der Waals surface area (Å²) in [6, 6.07) is 22.0. The number of esters is 1. The zero-order chi connectivity index (χ0) is 43.2. The second kappa shape index (κ2) is 21.4. The average Bonchev–Trinajstić information content (AvgIpc) is 3.20. The number of aromatic nitrogens is 3. The normalized spacial score (nSPS) is 14.9. The van der Waals surface area contributed by atoms with Crippen LogP contribution in [0.1, 0.15) is 51.4 Å². The van der Waals surface area contributed by atoms with Crippen LogP contribution >= 0.6 is 0 Å². The number of benzene rings is 1. The van der Waals surface area contributed by atoms with Crippen molar-refractivity contribution in [3.05, 3.63) is 84.2 Å². The molecule has 5 rings (SSSR count). The number of ether oxygens (including phenoxy) is 2. The highest BCUT2D eigenvalue weighted by atomic mass is 16.6. The van der Waals surface area contributed by atoms with Crippen LogP contribution in [-0.2, 0) is 37.0 Å². The van der Waals surface area contributed by atoms with Crippen molar-refractivity contribution in [3.8, 4) is 39.7 Å². The molecule has 0 spiro atoms. The van der Waals surface area contributed by atoms with Gasteiger partial charge in [-0.05, 0) is 99.8 Å². The van der Waals surface area contributed by atoms with Crippen LogP contribution in [0.4, 0.5) is 0 Å². The fraction of sp³-hybridized carbons (Fsp3) is 0.432. The van der Waals surface area contributed by atoms with Gasteiger partial charge in [-0.1, -0.05) is 24.3 Å². The first-order chi connectivity index (χ1) is 28.6. The molecule has 0 fully saturated rings. The Morgan fingerprint density at radius 1 is 0.750 bits per heavy atom. The number of nitrogens with two attached hydrogens (primary N) is 1. The molecule has 5 N–H and O–H groups in total. The van der Waals surface area contributed by atoms with Gasteiger partial charge in [-0.3, -0.25) is 29.0 Å². The van der Waals surface area contributed by atoms with Crippen molar-refractivity contribution in [3.63, 3.8) is 0 Å². The first-order valence-electron chi connectivity index (χ1n) is 20.1. The number of carboxylic acids is 2. The molecule has 1 atom stereocenters. The molecule has 16 nitrogen and oxygen atoms in total. The highest BCUT2D eigenvalue weighted by molar-refractivity contribution is 5.82. The van der Waals surface area contributed by atoms with Crippen LogP contribution in [0.5, 0.6) is 5.75 Å². The number of carbonyl (C=O) groups excluding carboxylic acids is 2. The molecule has 1 aliphatic heterocycles. The molecular weight excluding hydrogens is 769 g/mol. The van der Waals surface area contributed by atoms with Crippen molar-refractivity contribution in [1.29, 1.82) is 0 Å². The van der Waals surface area contributed by atoms with Crippen molar-refractivity contribution in [2.75, 3.05) is 59.5 Å². The zero-order valence-corrected chi connectivity index (χ0v) is 34.8. The van der Waals surface area contributed by atoms with E-state index in [2.05, 4.69) is 10.2 Å². The molecule has 0 saturated carbocycles. The lowest BCUT2D eigenvalue weighted by molar-refractivity contribution is -0.155. The molecule has 1 aromatic carbocycles. The molecule has 0 aliphatic carbocycles. The largest absolute Gasteiger partial charge is 0.497 e. The molecule has 1 unspecified atom stereocenters. The molecule has 0 radical (unpaired) electrons. The number of methoxy groups -OCH3 is 1. The third kappa shape index (κ3) is 14.5. The Labute approximate surface area is 350 Å². The Kier molecular flexibility index (Phi) is 16.2. The summed E-state index contributed by atoms with van der Waals surface area (Å²) < 4.78 is 10.7. The van der Waals surface area contributed by atoms with E-state index in [9.17, 15) is 29.4 Å². The lowest BCUT2D eigenvalue weighted by atomic mass is 10.0. The molecule has 16 heteroatoms. The molecule has 0 saturated heterocycles. The van der Waals surface area contributed by atoms with E-state index >= 15 is 0 Å². The van der Waals surface area contributed by atoms with Crippen LogP contribution < -0.4 is 15.8 Å². The van der Waals surface area contributed by atoms with Gasteiger partial charge in [-0.15, -0.1) is 0 Å². The van der Waals surface area contributed by atoms with E-state index in [1.54, 1.807) is 27.9 Å². The predicted octanol–water partition coefficient (Wildman–Crippen LogP) is 3.93. The molecule has 60 heavy (non-hydrogen) atoms. The minimum absolute atomic E-state index is 0.0220. The van der Waals surface area contributed by atoms with Gasteiger partial charge in [0.1, 0.15) is 11.4 Å².